The van der Waals surface area contributed by atoms with E-state index in [0.29, 0.717) is 0 Å². The molecule has 2 aliphatic heterocycles. The van der Waals surface area contributed by atoms with Crippen LogP contribution in [0.4, 0.5) is 0 Å². The smallest absolute Gasteiger partial charge is 0.186 e. The lowest BCUT2D eigenvalue weighted by Crippen LogP contribution is -2.61. The zero-order valence-electron chi connectivity index (χ0n) is 12.7. The van der Waals surface area contributed by atoms with Crippen molar-refractivity contribution in [2.75, 3.05) is 19.8 Å². The quantitative estimate of drug-likeness (QED) is 0.235. The average molecular weight is 356 g/mol. The summed E-state index contributed by atoms with van der Waals surface area (Å²) in [6.45, 7) is -1.63. The Morgan fingerprint density at radius 1 is 0.583 bits per heavy atom. The van der Waals surface area contributed by atoms with Gasteiger partial charge in [-0.1, -0.05) is 0 Å². The van der Waals surface area contributed by atoms with Crippen LogP contribution in [0.15, 0.2) is 0 Å². The minimum Gasteiger partial charge on any atom is -0.394 e. The SMILES string of the molecule is OC[C@H]1O[C@@H](CO[C@H]2O[C@H](CO)[C@@H](O)[C@H](O)[C@H]2O)[C@H](O)[C@@H](O)[C@@H]1O. The molecule has 2 saturated heterocycles. The molecule has 0 spiro atoms. The predicted molar refractivity (Wildman–Crippen MR) is 73.5 cm³/mol. The highest BCUT2D eigenvalue weighted by molar-refractivity contribution is 4.93. The minimum absolute atomic E-state index is 0.413. The van der Waals surface area contributed by atoms with Gasteiger partial charge in [0.25, 0.3) is 0 Å². The van der Waals surface area contributed by atoms with Crippen LogP contribution in [0, 0.1) is 0 Å². The Kier molecular flexibility index (Phi) is 6.87. The first kappa shape index (κ1) is 19.9. The maximum atomic E-state index is 9.88. The molecule has 8 N–H and O–H groups in total. The van der Waals surface area contributed by atoms with Gasteiger partial charge >= 0.3 is 0 Å². The molecule has 10 atom stereocenters. The monoisotopic (exact) mass is 356 g/mol. The van der Waals surface area contributed by atoms with E-state index in [2.05, 4.69) is 0 Å². The van der Waals surface area contributed by atoms with Crippen molar-refractivity contribution in [2.24, 2.45) is 0 Å². The van der Waals surface area contributed by atoms with Crippen LogP contribution in [0.3, 0.4) is 0 Å². The first-order valence-corrected chi connectivity index (χ1v) is 7.54. The van der Waals surface area contributed by atoms with Crippen LogP contribution in [-0.2, 0) is 14.2 Å². The summed E-state index contributed by atoms with van der Waals surface area (Å²) in [5, 5.41) is 76.6. The second-order valence-corrected chi connectivity index (χ2v) is 5.90. The molecule has 0 unspecified atom stereocenters. The molecular weight excluding hydrogens is 332 g/mol. The molecule has 0 aliphatic carbocycles. The molecule has 2 fully saturated rings. The van der Waals surface area contributed by atoms with Gasteiger partial charge in [0.05, 0.1) is 19.8 Å². The highest BCUT2D eigenvalue weighted by Crippen LogP contribution is 2.25. The molecule has 0 saturated carbocycles. The van der Waals surface area contributed by atoms with E-state index in [1.807, 2.05) is 0 Å². The third kappa shape index (κ3) is 3.86. The molecule has 0 aromatic rings. The van der Waals surface area contributed by atoms with Gasteiger partial charge in [0, 0.05) is 0 Å². The van der Waals surface area contributed by atoms with Gasteiger partial charge < -0.3 is 55.1 Å². The highest BCUT2D eigenvalue weighted by Gasteiger charge is 2.46. The van der Waals surface area contributed by atoms with Crippen molar-refractivity contribution in [3.05, 3.63) is 0 Å². The van der Waals surface area contributed by atoms with E-state index in [9.17, 15) is 30.6 Å². The van der Waals surface area contributed by atoms with Crippen LogP contribution in [0.1, 0.15) is 0 Å². The van der Waals surface area contributed by atoms with Gasteiger partial charge in [-0.15, -0.1) is 0 Å². The molecule has 0 radical (unpaired) electrons. The Morgan fingerprint density at radius 2 is 1.04 bits per heavy atom. The summed E-state index contributed by atoms with van der Waals surface area (Å²) in [4.78, 5) is 0. The van der Waals surface area contributed by atoms with E-state index in [0.717, 1.165) is 0 Å². The summed E-state index contributed by atoms with van der Waals surface area (Å²) in [7, 11) is 0. The topological polar surface area (TPSA) is 190 Å². The van der Waals surface area contributed by atoms with Gasteiger partial charge in [0.1, 0.15) is 54.9 Å². The van der Waals surface area contributed by atoms with Gasteiger partial charge in [0.15, 0.2) is 6.29 Å². The molecule has 0 aromatic carbocycles. The fourth-order valence-corrected chi connectivity index (χ4v) is 2.71. The summed E-state index contributed by atoms with van der Waals surface area (Å²) >= 11 is 0. The second kappa shape index (κ2) is 8.29. The first-order valence-electron chi connectivity index (χ1n) is 7.54. The zero-order chi connectivity index (χ0) is 18.0. The molecule has 142 valence electrons. The molecule has 2 aliphatic rings. The van der Waals surface area contributed by atoms with Gasteiger partial charge in [-0.05, 0) is 0 Å². The van der Waals surface area contributed by atoms with Crippen LogP contribution >= 0.6 is 0 Å². The molecule has 2 heterocycles. The largest absolute Gasteiger partial charge is 0.394 e. The van der Waals surface area contributed by atoms with Crippen LogP contribution in [0.25, 0.3) is 0 Å². The summed E-state index contributed by atoms with van der Waals surface area (Å²) < 4.78 is 15.6. The average Bonchev–Trinajstić information content (AvgIpc) is 2.58. The third-order valence-electron chi connectivity index (χ3n) is 4.26. The number of ether oxygens (including phenoxy) is 3. The number of aliphatic hydroxyl groups is 8. The summed E-state index contributed by atoms with van der Waals surface area (Å²) in [6.07, 6.45) is -14.2. The van der Waals surface area contributed by atoms with Crippen molar-refractivity contribution in [1.82, 2.24) is 0 Å². The summed E-state index contributed by atoms with van der Waals surface area (Å²) in [6, 6.07) is 0. The van der Waals surface area contributed by atoms with Gasteiger partial charge in [-0.2, -0.15) is 0 Å². The van der Waals surface area contributed by atoms with Gasteiger partial charge in [-0.25, -0.2) is 0 Å². The predicted octanol–water partition coefficient (Wildman–Crippen LogP) is -5.35. The summed E-state index contributed by atoms with van der Waals surface area (Å²) in [5.74, 6) is 0. The van der Waals surface area contributed by atoms with E-state index in [-0.39, 0.29) is 0 Å². The van der Waals surface area contributed by atoms with E-state index >= 15 is 0 Å². The molecular formula is C13H24O11. The molecule has 2 rings (SSSR count). The van der Waals surface area contributed by atoms with Crippen LogP contribution < -0.4 is 0 Å². The Bertz CT molecular complexity index is 356. The van der Waals surface area contributed by atoms with Crippen molar-refractivity contribution in [2.45, 2.75) is 61.2 Å². The van der Waals surface area contributed by atoms with E-state index in [1.54, 1.807) is 0 Å². The lowest BCUT2D eigenvalue weighted by Gasteiger charge is -2.42. The number of hydrogen-bond donors (Lipinski definition) is 8. The van der Waals surface area contributed by atoms with Gasteiger partial charge in [0.2, 0.25) is 0 Å². The molecule has 11 heteroatoms. The highest BCUT2D eigenvalue weighted by atomic mass is 16.7. The van der Waals surface area contributed by atoms with Crippen molar-refractivity contribution in [3.8, 4) is 0 Å². The maximum absolute atomic E-state index is 9.88. The fraction of sp³-hybridized carbons (Fsp3) is 1.00. The van der Waals surface area contributed by atoms with E-state index < -0.39 is 81.0 Å². The summed E-state index contributed by atoms with van der Waals surface area (Å²) in [5.41, 5.74) is 0. The third-order valence-corrected chi connectivity index (χ3v) is 4.26. The molecule has 0 amide bonds. The normalized spacial score (nSPS) is 50.0. The van der Waals surface area contributed by atoms with Crippen molar-refractivity contribution < 1.29 is 55.1 Å². The van der Waals surface area contributed by atoms with Crippen molar-refractivity contribution in [1.29, 1.82) is 0 Å². The number of rotatable bonds is 5. The standard InChI is InChI=1S/C13H24O11/c14-1-4-7(16)10(19)9(18)6(23-4)3-22-13-12(21)11(20)8(17)5(2-15)24-13/h4-21H,1-3H2/t4-,5-,6+,7-,8-,9+,10+,11+,12-,13+/m1/s1. The molecule has 0 aromatic heterocycles. The molecule has 11 nitrogen and oxygen atoms in total. The zero-order valence-corrected chi connectivity index (χ0v) is 12.7. The number of hydrogen-bond acceptors (Lipinski definition) is 11. The van der Waals surface area contributed by atoms with Crippen molar-refractivity contribution >= 4 is 0 Å². The maximum Gasteiger partial charge on any atom is 0.186 e. The fourth-order valence-electron chi connectivity index (χ4n) is 2.71. The number of aliphatic hydroxyl groups excluding tert-OH is 8. The molecule has 0 bridgehead atoms. The lowest BCUT2D eigenvalue weighted by atomic mass is 9.95. The Hall–Kier alpha value is -0.440. The van der Waals surface area contributed by atoms with Gasteiger partial charge in [-0.3, -0.25) is 0 Å². The second-order valence-electron chi connectivity index (χ2n) is 5.90. The van der Waals surface area contributed by atoms with Crippen LogP contribution in [-0.4, -0.2) is 122 Å². The van der Waals surface area contributed by atoms with Crippen LogP contribution in [0.2, 0.25) is 0 Å². The minimum atomic E-state index is -1.62. The lowest BCUT2D eigenvalue weighted by molar-refractivity contribution is -0.314. The van der Waals surface area contributed by atoms with Crippen LogP contribution in [0.5, 0.6) is 0 Å². The Labute approximate surface area is 137 Å². The van der Waals surface area contributed by atoms with E-state index in [1.165, 1.54) is 0 Å². The first-order chi connectivity index (χ1) is 11.3. The van der Waals surface area contributed by atoms with Crippen molar-refractivity contribution in [3.63, 3.8) is 0 Å². The Morgan fingerprint density at radius 3 is 1.58 bits per heavy atom. The molecule has 24 heavy (non-hydrogen) atoms. The van der Waals surface area contributed by atoms with E-state index in [4.69, 9.17) is 24.4 Å². The Balaban J connectivity index is 1.96.